The standard InChI is InChI=1S/C18H14BrF3O3/c1-25-16(23)17(24,13-10-6-3-7-11-13)15(19)14(18(20,21)22)12-8-4-2-5-9-12/h2-11,24H,1H3/b15-14+. The predicted octanol–water partition coefficient (Wildman–Crippen LogP) is 4.42. The molecule has 1 N–H and O–H groups in total. The molecule has 0 amide bonds. The summed E-state index contributed by atoms with van der Waals surface area (Å²) in [7, 11) is 0.992. The second-order valence-electron chi connectivity index (χ2n) is 5.12. The summed E-state index contributed by atoms with van der Waals surface area (Å²) in [6.45, 7) is 0. The van der Waals surface area contributed by atoms with E-state index in [1.54, 1.807) is 12.1 Å². The summed E-state index contributed by atoms with van der Waals surface area (Å²) in [5.41, 5.74) is -4.05. The third-order valence-corrected chi connectivity index (χ3v) is 4.53. The van der Waals surface area contributed by atoms with E-state index in [4.69, 9.17) is 0 Å². The molecule has 7 heteroatoms. The molecule has 0 heterocycles. The van der Waals surface area contributed by atoms with Gasteiger partial charge in [0.05, 0.1) is 17.2 Å². The number of carbonyl (C=O) groups excluding carboxylic acids is 1. The van der Waals surface area contributed by atoms with Crippen LogP contribution in [-0.2, 0) is 15.1 Å². The van der Waals surface area contributed by atoms with Crippen LogP contribution in [0.5, 0.6) is 0 Å². The van der Waals surface area contributed by atoms with Crippen molar-refractivity contribution in [2.75, 3.05) is 7.11 Å². The lowest BCUT2D eigenvalue weighted by Gasteiger charge is -2.28. The number of hydrogen-bond acceptors (Lipinski definition) is 3. The van der Waals surface area contributed by atoms with Gasteiger partial charge in [0, 0.05) is 0 Å². The van der Waals surface area contributed by atoms with Gasteiger partial charge in [0.1, 0.15) is 0 Å². The van der Waals surface area contributed by atoms with Gasteiger partial charge in [-0.25, -0.2) is 4.79 Å². The maximum atomic E-state index is 13.7. The number of rotatable bonds is 4. The number of esters is 1. The number of carbonyl (C=O) groups is 1. The first-order chi connectivity index (χ1) is 11.7. The second-order valence-corrected chi connectivity index (χ2v) is 5.91. The summed E-state index contributed by atoms with van der Waals surface area (Å²) >= 11 is 2.83. The Kier molecular flexibility index (Phi) is 5.69. The first-order valence-corrected chi connectivity index (χ1v) is 7.91. The number of ether oxygens (including phenoxy) is 1. The van der Waals surface area contributed by atoms with Gasteiger partial charge >= 0.3 is 12.1 Å². The van der Waals surface area contributed by atoms with Crippen LogP contribution >= 0.6 is 15.9 Å². The number of hydrogen-bond donors (Lipinski definition) is 1. The van der Waals surface area contributed by atoms with Gasteiger partial charge in [-0.05, 0) is 11.1 Å². The molecular weight excluding hydrogens is 401 g/mol. The fourth-order valence-corrected chi connectivity index (χ4v) is 3.21. The molecule has 0 fully saturated rings. The highest BCUT2D eigenvalue weighted by Crippen LogP contribution is 2.46. The van der Waals surface area contributed by atoms with Crippen LogP contribution in [0.4, 0.5) is 13.2 Å². The molecule has 1 atom stereocenters. The number of aliphatic hydroxyl groups is 1. The lowest BCUT2D eigenvalue weighted by Crippen LogP contribution is -2.38. The van der Waals surface area contributed by atoms with Crippen LogP contribution in [0, 0.1) is 0 Å². The minimum absolute atomic E-state index is 0.0496. The van der Waals surface area contributed by atoms with E-state index in [1.165, 1.54) is 48.5 Å². The molecule has 0 aliphatic carbocycles. The SMILES string of the molecule is COC(=O)C(O)(/C(Br)=C(/c1ccccc1)C(F)(F)F)c1ccccc1. The fraction of sp³-hybridized carbons (Fsp3) is 0.167. The number of methoxy groups -OCH3 is 1. The number of benzene rings is 2. The van der Waals surface area contributed by atoms with E-state index in [0.29, 0.717) is 0 Å². The van der Waals surface area contributed by atoms with Crippen LogP contribution in [0.1, 0.15) is 11.1 Å². The van der Waals surface area contributed by atoms with Crippen LogP contribution < -0.4 is 0 Å². The highest BCUT2D eigenvalue weighted by Gasteiger charge is 2.49. The second kappa shape index (κ2) is 7.41. The molecule has 132 valence electrons. The summed E-state index contributed by atoms with van der Waals surface area (Å²) in [5, 5.41) is 10.9. The molecule has 0 saturated heterocycles. The molecule has 2 aromatic rings. The maximum Gasteiger partial charge on any atom is 0.417 e. The van der Waals surface area contributed by atoms with Gasteiger partial charge in [0.25, 0.3) is 0 Å². The van der Waals surface area contributed by atoms with E-state index in [-0.39, 0.29) is 11.1 Å². The Bertz CT molecular complexity index is 773. The molecule has 0 aliphatic rings. The van der Waals surface area contributed by atoms with E-state index >= 15 is 0 Å². The van der Waals surface area contributed by atoms with Gasteiger partial charge in [0.15, 0.2) is 0 Å². The van der Waals surface area contributed by atoms with Crippen LogP contribution in [0.2, 0.25) is 0 Å². The van der Waals surface area contributed by atoms with Crippen molar-refractivity contribution in [1.29, 1.82) is 0 Å². The van der Waals surface area contributed by atoms with E-state index in [2.05, 4.69) is 20.7 Å². The molecule has 0 bridgehead atoms. The smallest absolute Gasteiger partial charge is 0.417 e. The number of halogens is 4. The zero-order valence-corrected chi connectivity index (χ0v) is 14.6. The van der Waals surface area contributed by atoms with Gasteiger partial charge in [-0.1, -0.05) is 76.6 Å². The molecule has 3 nitrogen and oxygen atoms in total. The normalized spacial score (nSPS) is 15.1. The van der Waals surface area contributed by atoms with Crippen molar-refractivity contribution in [3.8, 4) is 0 Å². The third kappa shape index (κ3) is 3.77. The van der Waals surface area contributed by atoms with E-state index in [1.807, 2.05) is 0 Å². The minimum Gasteiger partial charge on any atom is -0.466 e. The monoisotopic (exact) mass is 414 g/mol. The quantitative estimate of drug-likeness (QED) is 0.753. The lowest BCUT2D eigenvalue weighted by molar-refractivity contribution is -0.158. The average Bonchev–Trinajstić information content (AvgIpc) is 2.60. The molecular formula is C18H14BrF3O3. The Hall–Kier alpha value is -2.12. The van der Waals surface area contributed by atoms with Gasteiger partial charge < -0.3 is 9.84 Å². The van der Waals surface area contributed by atoms with E-state index < -0.39 is 27.8 Å². The number of allylic oxidation sites excluding steroid dienone is 1. The fourth-order valence-electron chi connectivity index (χ4n) is 2.36. The zero-order chi connectivity index (χ0) is 18.7. The predicted molar refractivity (Wildman–Crippen MR) is 90.7 cm³/mol. The molecule has 25 heavy (non-hydrogen) atoms. The highest BCUT2D eigenvalue weighted by atomic mass is 79.9. The Morgan fingerprint density at radius 1 is 1.00 bits per heavy atom. The topological polar surface area (TPSA) is 46.5 Å². The lowest BCUT2D eigenvalue weighted by atomic mass is 9.89. The Labute approximate surface area is 150 Å². The van der Waals surface area contributed by atoms with Crippen molar-refractivity contribution in [3.05, 3.63) is 76.3 Å². The first kappa shape index (κ1) is 19.2. The van der Waals surface area contributed by atoms with Gasteiger partial charge in [-0.3, -0.25) is 0 Å². The van der Waals surface area contributed by atoms with Crippen LogP contribution in [-0.4, -0.2) is 24.4 Å². The largest absolute Gasteiger partial charge is 0.466 e. The Balaban J connectivity index is 2.81. The van der Waals surface area contributed by atoms with Crippen molar-refractivity contribution in [2.45, 2.75) is 11.8 Å². The molecule has 0 aliphatic heterocycles. The molecule has 0 saturated carbocycles. The summed E-state index contributed by atoms with van der Waals surface area (Å²) in [4.78, 5) is 12.2. The van der Waals surface area contributed by atoms with Crippen LogP contribution in [0.15, 0.2) is 65.1 Å². The van der Waals surface area contributed by atoms with Gasteiger partial charge in [-0.2, -0.15) is 13.2 Å². The first-order valence-electron chi connectivity index (χ1n) is 7.12. The van der Waals surface area contributed by atoms with Crippen LogP contribution in [0.25, 0.3) is 5.57 Å². The minimum atomic E-state index is -4.82. The number of alkyl halides is 3. The molecule has 1 unspecified atom stereocenters. The molecule has 2 rings (SSSR count). The van der Waals surface area contributed by atoms with Crippen LogP contribution in [0.3, 0.4) is 0 Å². The molecule has 0 aromatic heterocycles. The van der Waals surface area contributed by atoms with Crippen molar-refractivity contribution in [3.63, 3.8) is 0 Å². The Morgan fingerprint density at radius 3 is 1.92 bits per heavy atom. The zero-order valence-electron chi connectivity index (χ0n) is 13.0. The molecule has 0 radical (unpaired) electrons. The van der Waals surface area contributed by atoms with Gasteiger partial charge in [-0.15, -0.1) is 0 Å². The summed E-state index contributed by atoms with van der Waals surface area (Å²) in [6, 6.07) is 14.2. The molecule has 2 aromatic carbocycles. The highest BCUT2D eigenvalue weighted by molar-refractivity contribution is 9.12. The summed E-state index contributed by atoms with van der Waals surface area (Å²) < 4.78 is 45.0. The average molecular weight is 415 g/mol. The Morgan fingerprint density at radius 2 is 1.48 bits per heavy atom. The van der Waals surface area contributed by atoms with Crippen molar-refractivity contribution in [2.24, 2.45) is 0 Å². The van der Waals surface area contributed by atoms with Gasteiger partial charge in [0.2, 0.25) is 5.60 Å². The summed E-state index contributed by atoms with van der Waals surface area (Å²) in [6.07, 6.45) is -4.82. The third-order valence-electron chi connectivity index (χ3n) is 3.56. The van der Waals surface area contributed by atoms with Crippen molar-refractivity contribution in [1.82, 2.24) is 0 Å². The summed E-state index contributed by atoms with van der Waals surface area (Å²) in [5.74, 6) is -1.23. The van der Waals surface area contributed by atoms with E-state index in [9.17, 15) is 23.1 Å². The van der Waals surface area contributed by atoms with Crippen molar-refractivity contribution < 1.29 is 27.8 Å². The molecule has 0 spiro atoms. The maximum absolute atomic E-state index is 13.7. The van der Waals surface area contributed by atoms with Crippen molar-refractivity contribution >= 4 is 27.5 Å². The van der Waals surface area contributed by atoms with E-state index in [0.717, 1.165) is 7.11 Å².